The second-order valence-electron chi connectivity index (χ2n) is 2.05. The summed E-state index contributed by atoms with van der Waals surface area (Å²) in [5, 5.41) is 17.7. The van der Waals surface area contributed by atoms with Crippen LogP contribution >= 0.6 is 12.6 Å². The van der Waals surface area contributed by atoms with Crippen LogP contribution in [0.5, 0.6) is 0 Å². The molecule has 3 heteroatoms. The van der Waals surface area contributed by atoms with Gasteiger partial charge >= 0.3 is 0 Å². The van der Waals surface area contributed by atoms with Crippen LogP contribution in [0.4, 0.5) is 0 Å². The molecule has 0 aromatic rings. The van der Waals surface area contributed by atoms with Crippen LogP contribution in [0.3, 0.4) is 0 Å². The Balaban J connectivity index is 2.58. The topological polar surface area (TPSA) is 40.5 Å². The molecule has 1 aliphatic carbocycles. The standard InChI is InChI=1S/C6H8O2S/c7-4-2-1-3-5(9)6(4)8/h1-8H/p+1/t4-,5-,6+/m0/s1. The van der Waals surface area contributed by atoms with Crippen LogP contribution in [0, 0.1) is 6.42 Å². The molecule has 0 unspecified atom stereocenters. The van der Waals surface area contributed by atoms with E-state index >= 15 is 0 Å². The SMILES string of the molecule is O[C@H]1[C@@H](S)C=C[CH+][C@@H]1O. The lowest BCUT2D eigenvalue weighted by molar-refractivity contribution is 0.0444. The van der Waals surface area contributed by atoms with E-state index in [-0.39, 0.29) is 5.25 Å². The van der Waals surface area contributed by atoms with Gasteiger partial charge in [-0.1, -0.05) is 0 Å². The van der Waals surface area contributed by atoms with E-state index in [0.29, 0.717) is 0 Å². The number of hydrogen-bond acceptors (Lipinski definition) is 3. The van der Waals surface area contributed by atoms with Crippen LogP contribution in [0.25, 0.3) is 0 Å². The summed E-state index contributed by atoms with van der Waals surface area (Å²) in [6.45, 7) is 0. The summed E-state index contributed by atoms with van der Waals surface area (Å²) in [5.74, 6) is 0. The summed E-state index contributed by atoms with van der Waals surface area (Å²) in [7, 11) is 0. The van der Waals surface area contributed by atoms with E-state index in [1.807, 2.05) is 0 Å². The Kier molecular flexibility index (Phi) is 2.05. The third-order valence-electron chi connectivity index (χ3n) is 1.32. The Labute approximate surface area is 59.6 Å². The van der Waals surface area contributed by atoms with Gasteiger partial charge in [-0.2, -0.15) is 0 Å². The van der Waals surface area contributed by atoms with Crippen LogP contribution in [-0.2, 0) is 0 Å². The molecular weight excluding hydrogens is 136 g/mol. The smallest absolute Gasteiger partial charge is 0.167 e. The van der Waals surface area contributed by atoms with Crippen molar-refractivity contribution in [3.05, 3.63) is 18.6 Å². The van der Waals surface area contributed by atoms with E-state index in [2.05, 4.69) is 12.6 Å². The lowest BCUT2D eigenvalue weighted by Gasteiger charge is -2.17. The van der Waals surface area contributed by atoms with Gasteiger partial charge < -0.3 is 10.2 Å². The Hall–Kier alpha value is -0.120. The van der Waals surface area contributed by atoms with E-state index in [1.165, 1.54) is 6.42 Å². The average molecular weight is 145 g/mol. The fourth-order valence-corrected chi connectivity index (χ4v) is 0.997. The van der Waals surface area contributed by atoms with Gasteiger partial charge in [-0.3, -0.25) is 0 Å². The van der Waals surface area contributed by atoms with Crippen molar-refractivity contribution in [2.45, 2.75) is 17.5 Å². The van der Waals surface area contributed by atoms with Crippen molar-refractivity contribution in [1.29, 1.82) is 0 Å². The van der Waals surface area contributed by atoms with Crippen LogP contribution in [0.1, 0.15) is 0 Å². The zero-order valence-corrected chi connectivity index (χ0v) is 5.70. The van der Waals surface area contributed by atoms with Gasteiger partial charge in [-0.25, -0.2) is 0 Å². The molecule has 0 aliphatic heterocycles. The number of aliphatic hydroxyl groups is 2. The molecule has 0 fully saturated rings. The van der Waals surface area contributed by atoms with E-state index < -0.39 is 12.2 Å². The molecule has 2 nitrogen and oxygen atoms in total. The largest absolute Gasteiger partial charge is 0.385 e. The molecule has 0 bridgehead atoms. The van der Waals surface area contributed by atoms with Crippen LogP contribution in [-0.4, -0.2) is 27.7 Å². The second kappa shape index (κ2) is 2.64. The van der Waals surface area contributed by atoms with Crippen LogP contribution in [0.2, 0.25) is 0 Å². The van der Waals surface area contributed by atoms with Gasteiger partial charge in [0, 0.05) is 0 Å². The number of hydrogen-bond donors (Lipinski definition) is 3. The van der Waals surface area contributed by atoms with Crippen molar-refractivity contribution in [3.8, 4) is 0 Å². The summed E-state index contributed by atoms with van der Waals surface area (Å²) in [6.07, 6.45) is 3.48. The first-order valence-corrected chi connectivity index (χ1v) is 3.29. The number of thiol groups is 1. The van der Waals surface area contributed by atoms with E-state index in [1.54, 1.807) is 12.2 Å². The molecule has 0 saturated carbocycles. The predicted octanol–water partition coefficient (Wildman–Crippen LogP) is -0.219. The molecule has 0 heterocycles. The fraction of sp³-hybridized carbons (Fsp3) is 0.500. The minimum absolute atomic E-state index is 0.231. The minimum Gasteiger partial charge on any atom is -0.385 e. The molecule has 9 heavy (non-hydrogen) atoms. The van der Waals surface area contributed by atoms with Gasteiger partial charge in [-0.05, 0) is 0 Å². The third-order valence-corrected chi connectivity index (χ3v) is 1.79. The van der Waals surface area contributed by atoms with Gasteiger partial charge in [0.15, 0.2) is 6.10 Å². The first-order valence-electron chi connectivity index (χ1n) is 2.77. The van der Waals surface area contributed by atoms with Crippen LogP contribution < -0.4 is 0 Å². The normalized spacial score (nSPS) is 42.3. The number of aliphatic hydroxyl groups excluding tert-OH is 2. The molecular formula is C6H9O2S+. The highest BCUT2D eigenvalue weighted by Crippen LogP contribution is 2.15. The average Bonchev–Trinajstić information content (AvgIpc) is 1.83. The van der Waals surface area contributed by atoms with Gasteiger partial charge in [-0.15, -0.1) is 12.6 Å². The first-order chi connectivity index (χ1) is 4.22. The molecule has 0 amide bonds. The third kappa shape index (κ3) is 1.41. The Morgan fingerprint density at radius 3 is 2.56 bits per heavy atom. The monoisotopic (exact) mass is 145 g/mol. The quantitative estimate of drug-likeness (QED) is 0.326. The number of rotatable bonds is 0. The molecule has 0 spiro atoms. The van der Waals surface area contributed by atoms with Gasteiger partial charge in [0.05, 0.1) is 18.6 Å². The second-order valence-corrected chi connectivity index (χ2v) is 2.65. The maximum atomic E-state index is 9.04. The molecule has 3 atom stereocenters. The highest BCUT2D eigenvalue weighted by atomic mass is 32.1. The summed E-state index contributed by atoms with van der Waals surface area (Å²) in [5.41, 5.74) is 0. The highest BCUT2D eigenvalue weighted by molar-refractivity contribution is 7.81. The van der Waals surface area contributed by atoms with Crippen molar-refractivity contribution < 1.29 is 10.2 Å². The van der Waals surface area contributed by atoms with Crippen molar-refractivity contribution in [3.63, 3.8) is 0 Å². The van der Waals surface area contributed by atoms with Gasteiger partial charge in [0.1, 0.15) is 11.4 Å². The van der Waals surface area contributed by atoms with E-state index in [9.17, 15) is 0 Å². The summed E-state index contributed by atoms with van der Waals surface area (Å²) in [6, 6.07) is 0. The Morgan fingerprint density at radius 2 is 2.11 bits per heavy atom. The lowest BCUT2D eigenvalue weighted by atomic mass is 10.0. The Bertz CT molecular complexity index is 124. The lowest BCUT2D eigenvalue weighted by Crippen LogP contribution is -2.35. The molecule has 50 valence electrons. The molecule has 1 rings (SSSR count). The van der Waals surface area contributed by atoms with Gasteiger partial charge in [0.2, 0.25) is 0 Å². The van der Waals surface area contributed by atoms with Crippen molar-refractivity contribution in [2.24, 2.45) is 0 Å². The molecule has 0 saturated heterocycles. The highest BCUT2D eigenvalue weighted by Gasteiger charge is 2.30. The minimum atomic E-state index is -0.752. The molecule has 2 N–H and O–H groups in total. The first kappa shape index (κ1) is 6.99. The Morgan fingerprint density at radius 1 is 1.44 bits per heavy atom. The summed E-state index contributed by atoms with van der Waals surface area (Å²) < 4.78 is 0. The predicted molar refractivity (Wildman–Crippen MR) is 38.2 cm³/mol. The molecule has 0 aromatic carbocycles. The molecule has 0 radical (unpaired) electrons. The van der Waals surface area contributed by atoms with E-state index in [4.69, 9.17) is 10.2 Å². The van der Waals surface area contributed by atoms with Crippen molar-refractivity contribution >= 4 is 12.6 Å². The summed E-state index contributed by atoms with van der Waals surface area (Å²) in [4.78, 5) is 0. The zero-order chi connectivity index (χ0) is 6.85. The molecule has 1 aliphatic rings. The van der Waals surface area contributed by atoms with Gasteiger partial charge in [0.25, 0.3) is 0 Å². The van der Waals surface area contributed by atoms with E-state index in [0.717, 1.165) is 0 Å². The maximum absolute atomic E-state index is 9.04. The molecule has 0 aromatic heterocycles. The zero-order valence-electron chi connectivity index (χ0n) is 4.81. The summed E-state index contributed by atoms with van der Waals surface area (Å²) >= 11 is 4.00. The van der Waals surface area contributed by atoms with Crippen molar-refractivity contribution in [1.82, 2.24) is 0 Å². The fourth-order valence-electron chi connectivity index (χ4n) is 0.722. The van der Waals surface area contributed by atoms with Crippen LogP contribution in [0.15, 0.2) is 12.2 Å². The maximum Gasteiger partial charge on any atom is 0.167 e. The van der Waals surface area contributed by atoms with Crippen molar-refractivity contribution in [2.75, 3.05) is 0 Å².